The largest absolute Gasteiger partial charge is 0.248 e. The normalized spacial score (nSPS) is 10.5. The van der Waals surface area contributed by atoms with E-state index in [2.05, 4.69) is 26.2 Å². The van der Waals surface area contributed by atoms with Crippen molar-refractivity contribution in [2.75, 3.05) is 0 Å². The number of halogens is 2. The SMILES string of the molecule is ClCc1cn(Cc2ccccc2Br)nn1. The lowest BCUT2D eigenvalue weighted by atomic mass is 10.2. The summed E-state index contributed by atoms with van der Waals surface area (Å²) in [6.45, 7) is 0.700. The quantitative estimate of drug-likeness (QED) is 0.812. The predicted octanol–water partition coefficient (Wildman–Crippen LogP) is 2.83. The Labute approximate surface area is 101 Å². The van der Waals surface area contributed by atoms with E-state index in [0.717, 1.165) is 10.2 Å². The van der Waals surface area contributed by atoms with Crippen molar-refractivity contribution in [3.05, 3.63) is 46.2 Å². The molecule has 0 atom stereocenters. The van der Waals surface area contributed by atoms with Crippen LogP contribution in [0.1, 0.15) is 11.3 Å². The summed E-state index contributed by atoms with van der Waals surface area (Å²) in [4.78, 5) is 0. The fraction of sp³-hybridized carbons (Fsp3) is 0.200. The van der Waals surface area contributed by atoms with E-state index in [4.69, 9.17) is 11.6 Å². The van der Waals surface area contributed by atoms with Gasteiger partial charge in [0.2, 0.25) is 0 Å². The molecular weight excluding hydrogens is 277 g/mol. The molecule has 2 rings (SSSR count). The molecule has 0 aliphatic heterocycles. The summed E-state index contributed by atoms with van der Waals surface area (Å²) in [6, 6.07) is 8.04. The smallest absolute Gasteiger partial charge is 0.0974 e. The van der Waals surface area contributed by atoms with E-state index < -0.39 is 0 Å². The zero-order chi connectivity index (χ0) is 10.7. The average Bonchev–Trinajstić information content (AvgIpc) is 2.69. The second-order valence-corrected chi connectivity index (χ2v) is 4.25. The van der Waals surface area contributed by atoms with Gasteiger partial charge in [-0.25, -0.2) is 4.68 Å². The zero-order valence-electron chi connectivity index (χ0n) is 7.90. The van der Waals surface area contributed by atoms with Crippen LogP contribution in [-0.4, -0.2) is 15.0 Å². The lowest BCUT2D eigenvalue weighted by Gasteiger charge is -2.02. The average molecular weight is 287 g/mol. The number of benzene rings is 1. The summed E-state index contributed by atoms with van der Waals surface area (Å²) in [5.74, 6) is 0.399. The highest BCUT2D eigenvalue weighted by Crippen LogP contribution is 2.16. The van der Waals surface area contributed by atoms with Gasteiger partial charge in [0.15, 0.2) is 0 Å². The Morgan fingerprint density at radius 2 is 2.13 bits per heavy atom. The summed E-state index contributed by atoms with van der Waals surface area (Å²) in [6.07, 6.45) is 1.85. The third-order valence-electron chi connectivity index (χ3n) is 2.01. The van der Waals surface area contributed by atoms with Crippen molar-refractivity contribution >= 4 is 27.5 Å². The van der Waals surface area contributed by atoms with Gasteiger partial charge in [-0.15, -0.1) is 16.7 Å². The lowest BCUT2D eigenvalue weighted by molar-refractivity contribution is 0.648. The van der Waals surface area contributed by atoms with Crippen molar-refractivity contribution in [2.45, 2.75) is 12.4 Å². The molecule has 3 nitrogen and oxygen atoms in total. The van der Waals surface area contributed by atoms with Gasteiger partial charge in [-0.05, 0) is 11.6 Å². The van der Waals surface area contributed by atoms with Crippen LogP contribution in [-0.2, 0) is 12.4 Å². The van der Waals surface area contributed by atoms with E-state index in [1.165, 1.54) is 5.56 Å². The Morgan fingerprint density at radius 1 is 1.33 bits per heavy atom. The minimum absolute atomic E-state index is 0.399. The van der Waals surface area contributed by atoms with Gasteiger partial charge in [0.25, 0.3) is 0 Å². The third kappa shape index (κ3) is 2.58. The molecule has 0 radical (unpaired) electrons. The first-order valence-electron chi connectivity index (χ1n) is 4.48. The molecule has 0 aliphatic rings. The molecule has 0 amide bonds. The lowest BCUT2D eigenvalue weighted by Crippen LogP contribution is -2.00. The molecule has 2 aromatic rings. The number of nitrogens with zero attached hydrogens (tertiary/aromatic N) is 3. The number of hydrogen-bond acceptors (Lipinski definition) is 2. The highest BCUT2D eigenvalue weighted by atomic mass is 79.9. The summed E-state index contributed by atoms with van der Waals surface area (Å²) in [5.41, 5.74) is 1.97. The van der Waals surface area contributed by atoms with Crippen molar-refractivity contribution in [1.82, 2.24) is 15.0 Å². The van der Waals surface area contributed by atoms with Crippen LogP contribution >= 0.6 is 27.5 Å². The second-order valence-electron chi connectivity index (χ2n) is 3.13. The van der Waals surface area contributed by atoms with Crippen LogP contribution in [0, 0.1) is 0 Å². The van der Waals surface area contributed by atoms with Gasteiger partial charge in [0.1, 0.15) is 0 Å². The van der Waals surface area contributed by atoms with Crippen LogP contribution < -0.4 is 0 Å². The molecule has 1 aromatic carbocycles. The summed E-state index contributed by atoms with van der Waals surface area (Å²) in [5, 5.41) is 7.91. The van der Waals surface area contributed by atoms with E-state index >= 15 is 0 Å². The van der Waals surface area contributed by atoms with E-state index in [1.54, 1.807) is 4.68 Å². The second kappa shape index (κ2) is 4.77. The van der Waals surface area contributed by atoms with Crippen LogP contribution in [0.2, 0.25) is 0 Å². The van der Waals surface area contributed by atoms with Crippen molar-refractivity contribution < 1.29 is 0 Å². The molecule has 0 saturated carbocycles. The first-order chi connectivity index (χ1) is 7.29. The molecule has 15 heavy (non-hydrogen) atoms. The van der Waals surface area contributed by atoms with Crippen LogP contribution in [0.5, 0.6) is 0 Å². The molecule has 0 bridgehead atoms. The van der Waals surface area contributed by atoms with Gasteiger partial charge in [-0.3, -0.25) is 0 Å². The van der Waals surface area contributed by atoms with Crippen molar-refractivity contribution in [3.63, 3.8) is 0 Å². The van der Waals surface area contributed by atoms with Crippen LogP contribution in [0.3, 0.4) is 0 Å². The maximum Gasteiger partial charge on any atom is 0.0974 e. The van der Waals surface area contributed by atoms with E-state index in [9.17, 15) is 0 Å². The Hall–Kier alpha value is -0.870. The molecule has 0 fully saturated rings. The number of alkyl halides is 1. The molecule has 0 spiro atoms. The summed E-state index contributed by atoms with van der Waals surface area (Å²) < 4.78 is 2.85. The Balaban J connectivity index is 2.18. The van der Waals surface area contributed by atoms with Gasteiger partial charge in [0, 0.05) is 4.47 Å². The van der Waals surface area contributed by atoms with E-state index in [1.807, 2.05) is 30.5 Å². The monoisotopic (exact) mass is 285 g/mol. The van der Waals surface area contributed by atoms with Crippen LogP contribution in [0.15, 0.2) is 34.9 Å². The molecule has 0 saturated heterocycles. The van der Waals surface area contributed by atoms with Crippen molar-refractivity contribution in [2.24, 2.45) is 0 Å². The third-order valence-corrected chi connectivity index (χ3v) is 3.06. The Kier molecular flexibility index (Phi) is 3.38. The van der Waals surface area contributed by atoms with Gasteiger partial charge in [-0.1, -0.05) is 39.3 Å². The molecule has 0 unspecified atom stereocenters. The predicted molar refractivity (Wildman–Crippen MR) is 62.8 cm³/mol. The van der Waals surface area contributed by atoms with Crippen LogP contribution in [0.25, 0.3) is 0 Å². The Bertz CT molecular complexity index is 455. The topological polar surface area (TPSA) is 30.7 Å². The Morgan fingerprint density at radius 3 is 2.80 bits per heavy atom. The maximum absolute atomic E-state index is 5.65. The van der Waals surface area contributed by atoms with Gasteiger partial charge < -0.3 is 0 Å². The van der Waals surface area contributed by atoms with Crippen molar-refractivity contribution in [1.29, 1.82) is 0 Å². The standard InChI is InChI=1S/C10H9BrClN3/c11-10-4-2-1-3-8(10)6-15-7-9(5-12)13-14-15/h1-4,7H,5-6H2. The number of aromatic nitrogens is 3. The van der Waals surface area contributed by atoms with Crippen molar-refractivity contribution in [3.8, 4) is 0 Å². The highest BCUT2D eigenvalue weighted by Gasteiger charge is 2.02. The highest BCUT2D eigenvalue weighted by molar-refractivity contribution is 9.10. The van der Waals surface area contributed by atoms with E-state index in [0.29, 0.717) is 12.4 Å². The molecule has 1 heterocycles. The van der Waals surface area contributed by atoms with E-state index in [-0.39, 0.29) is 0 Å². The number of hydrogen-bond donors (Lipinski definition) is 0. The van der Waals surface area contributed by atoms with Gasteiger partial charge in [0.05, 0.1) is 24.3 Å². The summed E-state index contributed by atoms with van der Waals surface area (Å²) >= 11 is 9.14. The molecule has 0 N–H and O–H groups in total. The van der Waals surface area contributed by atoms with Gasteiger partial charge in [-0.2, -0.15) is 0 Å². The molecule has 78 valence electrons. The maximum atomic E-state index is 5.65. The van der Waals surface area contributed by atoms with Gasteiger partial charge >= 0.3 is 0 Å². The summed E-state index contributed by atoms with van der Waals surface area (Å²) in [7, 11) is 0. The molecular formula is C10H9BrClN3. The zero-order valence-corrected chi connectivity index (χ0v) is 10.2. The minimum atomic E-state index is 0.399. The molecule has 0 aliphatic carbocycles. The number of rotatable bonds is 3. The first-order valence-corrected chi connectivity index (χ1v) is 5.80. The fourth-order valence-electron chi connectivity index (χ4n) is 1.28. The molecule has 1 aromatic heterocycles. The fourth-order valence-corrected chi connectivity index (χ4v) is 1.81. The first kappa shape index (κ1) is 10.6. The van der Waals surface area contributed by atoms with Crippen LogP contribution in [0.4, 0.5) is 0 Å². The minimum Gasteiger partial charge on any atom is -0.248 e. The molecule has 5 heteroatoms.